The van der Waals surface area contributed by atoms with E-state index < -0.39 is 10.0 Å². The molecule has 1 aromatic heterocycles. The number of nitrogens with one attached hydrogen (secondary N) is 2. The summed E-state index contributed by atoms with van der Waals surface area (Å²) >= 11 is 0. The van der Waals surface area contributed by atoms with Crippen LogP contribution < -0.4 is 10.0 Å². The molecule has 0 spiro atoms. The molecule has 2 aromatic rings. The summed E-state index contributed by atoms with van der Waals surface area (Å²) in [5.74, 6) is -0.175. The third kappa shape index (κ3) is 3.72. The van der Waals surface area contributed by atoms with Crippen molar-refractivity contribution in [3.05, 3.63) is 30.1 Å². The zero-order chi connectivity index (χ0) is 20.8. The van der Waals surface area contributed by atoms with Crippen LogP contribution >= 0.6 is 0 Å². The summed E-state index contributed by atoms with van der Waals surface area (Å²) in [4.78, 5) is 21.1. The van der Waals surface area contributed by atoms with Gasteiger partial charge in [0.2, 0.25) is 5.95 Å². The predicted octanol–water partition coefficient (Wildman–Crippen LogP) is 0.137. The topological polar surface area (TPSA) is 112 Å². The van der Waals surface area contributed by atoms with Gasteiger partial charge >= 0.3 is 0 Å². The maximum Gasteiger partial charge on any atom is 0.266 e. The maximum atomic E-state index is 12.6. The molecule has 11 heteroatoms. The van der Waals surface area contributed by atoms with Crippen LogP contribution in [0.4, 0.5) is 5.95 Å². The van der Waals surface area contributed by atoms with Crippen LogP contribution in [0.3, 0.4) is 0 Å². The van der Waals surface area contributed by atoms with Crippen molar-refractivity contribution < 1.29 is 13.2 Å². The Labute approximate surface area is 169 Å². The van der Waals surface area contributed by atoms with Crippen LogP contribution in [0, 0.1) is 0 Å². The molecule has 0 unspecified atom stereocenters. The minimum atomic E-state index is -3.80. The number of aromatic nitrogens is 3. The predicted molar refractivity (Wildman–Crippen MR) is 108 cm³/mol. The number of nitrogens with zero attached hydrogens (tertiary/aromatic N) is 5. The lowest BCUT2D eigenvalue weighted by Gasteiger charge is -2.45. The van der Waals surface area contributed by atoms with E-state index in [9.17, 15) is 13.2 Å². The van der Waals surface area contributed by atoms with E-state index in [4.69, 9.17) is 0 Å². The van der Waals surface area contributed by atoms with Crippen molar-refractivity contribution >= 4 is 21.9 Å². The summed E-state index contributed by atoms with van der Waals surface area (Å²) in [6, 6.07) is 4.54. The first kappa shape index (κ1) is 19.8. The Hall–Kier alpha value is -2.50. The highest BCUT2D eigenvalue weighted by Crippen LogP contribution is 2.29. The SMILES string of the molecule is CN1CCN(CCNC(=O)c2ccc3c(c2)S(=O)(=O)Nc2ncnn2-3)CC1(C)C. The van der Waals surface area contributed by atoms with E-state index in [2.05, 4.69) is 50.8 Å². The van der Waals surface area contributed by atoms with Crippen molar-refractivity contribution in [1.29, 1.82) is 0 Å². The highest BCUT2D eigenvalue weighted by molar-refractivity contribution is 7.93. The number of carbonyl (C=O) groups is 1. The molecule has 1 aromatic carbocycles. The third-order valence-corrected chi connectivity index (χ3v) is 6.98. The average molecular weight is 420 g/mol. The number of fused-ring (bicyclic) bond motifs is 3. The van der Waals surface area contributed by atoms with Crippen molar-refractivity contribution in [3.63, 3.8) is 0 Å². The van der Waals surface area contributed by atoms with Gasteiger partial charge in [-0.05, 0) is 39.1 Å². The van der Waals surface area contributed by atoms with Gasteiger partial charge in [0.05, 0.1) is 5.69 Å². The molecular weight excluding hydrogens is 394 g/mol. The number of amides is 1. The Morgan fingerprint density at radius 3 is 2.86 bits per heavy atom. The van der Waals surface area contributed by atoms with Crippen LogP contribution in [0.1, 0.15) is 24.2 Å². The zero-order valence-electron chi connectivity index (χ0n) is 16.7. The standard InChI is InChI=1S/C18H25N7O3S/c1-18(2)11-24(9-8-23(18)3)7-6-19-16(26)13-4-5-14-15(10-13)29(27,28)22-17-20-12-21-25(14)17/h4-5,10,12H,6-9,11H2,1-3H3,(H,19,26)(H,20,21,22). The number of carbonyl (C=O) groups excluding carboxylic acids is 1. The van der Waals surface area contributed by atoms with Gasteiger partial charge in [-0.15, -0.1) is 0 Å². The monoisotopic (exact) mass is 419 g/mol. The van der Waals surface area contributed by atoms with Gasteiger partial charge < -0.3 is 5.32 Å². The fraction of sp³-hybridized carbons (Fsp3) is 0.500. The van der Waals surface area contributed by atoms with Gasteiger partial charge in [0.15, 0.2) is 0 Å². The molecule has 29 heavy (non-hydrogen) atoms. The highest BCUT2D eigenvalue weighted by atomic mass is 32.2. The second-order valence-corrected chi connectivity index (χ2v) is 9.70. The van der Waals surface area contributed by atoms with E-state index in [0.717, 1.165) is 26.2 Å². The largest absolute Gasteiger partial charge is 0.351 e. The Bertz CT molecular complexity index is 1050. The molecule has 156 valence electrons. The van der Waals surface area contributed by atoms with Gasteiger partial charge in [-0.25, -0.2) is 13.1 Å². The Balaban J connectivity index is 1.43. The summed E-state index contributed by atoms with van der Waals surface area (Å²) in [6.45, 7) is 8.53. The Kier molecular flexibility index (Phi) is 4.83. The van der Waals surface area contributed by atoms with Gasteiger partial charge in [-0.3, -0.25) is 14.6 Å². The molecule has 0 radical (unpaired) electrons. The molecule has 2 aliphatic rings. The number of hydrogen-bond donors (Lipinski definition) is 2. The molecule has 1 fully saturated rings. The number of anilines is 1. The van der Waals surface area contributed by atoms with Crippen LogP contribution in [-0.4, -0.2) is 84.2 Å². The number of likely N-dealkylation sites (N-methyl/N-ethyl adjacent to an activating group) is 1. The molecule has 3 heterocycles. The molecule has 0 aliphatic carbocycles. The molecule has 4 rings (SSSR count). The summed E-state index contributed by atoms with van der Waals surface area (Å²) < 4.78 is 28.7. The molecular formula is C18H25N7O3S. The minimum absolute atomic E-state index is 0.00367. The van der Waals surface area contributed by atoms with Crippen molar-refractivity contribution in [3.8, 4) is 5.69 Å². The smallest absolute Gasteiger partial charge is 0.266 e. The number of hydrogen-bond acceptors (Lipinski definition) is 7. The van der Waals surface area contributed by atoms with Crippen molar-refractivity contribution in [2.45, 2.75) is 24.3 Å². The lowest BCUT2D eigenvalue weighted by Crippen LogP contribution is -2.58. The van der Waals surface area contributed by atoms with Crippen LogP contribution in [-0.2, 0) is 10.0 Å². The third-order valence-electron chi connectivity index (χ3n) is 5.62. The van der Waals surface area contributed by atoms with Crippen LogP contribution in [0.5, 0.6) is 0 Å². The first-order valence-corrected chi connectivity index (χ1v) is 10.9. The van der Waals surface area contributed by atoms with E-state index in [1.165, 1.54) is 17.1 Å². The quantitative estimate of drug-likeness (QED) is 0.725. The second kappa shape index (κ2) is 7.08. The summed E-state index contributed by atoms with van der Waals surface area (Å²) in [5.41, 5.74) is 0.756. The number of benzene rings is 1. The van der Waals surface area contributed by atoms with E-state index in [0.29, 0.717) is 12.2 Å². The van der Waals surface area contributed by atoms with E-state index in [1.807, 2.05) is 0 Å². The first-order chi connectivity index (χ1) is 13.7. The Morgan fingerprint density at radius 2 is 2.10 bits per heavy atom. The first-order valence-electron chi connectivity index (χ1n) is 9.46. The van der Waals surface area contributed by atoms with Crippen molar-refractivity contribution in [2.24, 2.45) is 0 Å². The lowest BCUT2D eigenvalue weighted by atomic mass is 10.00. The average Bonchev–Trinajstić information content (AvgIpc) is 3.11. The summed E-state index contributed by atoms with van der Waals surface area (Å²) in [5, 5.41) is 6.91. The van der Waals surface area contributed by atoms with Crippen LogP contribution in [0.2, 0.25) is 0 Å². The fourth-order valence-electron chi connectivity index (χ4n) is 3.67. The molecule has 1 saturated heterocycles. The minimum Gasteiger partial charge on any atom is -0.351 e. The summed E-state index contributed by atoms with van der Waals surface area (Å²) in [7, 11) is -1.68. The van der Waals surface area contributed by atoms with E-state index in [1.54, 1.807) is 12.1 Å². The molecule has 10 nitrogen and oxygen atoms in total. The van der Waals surface area contributed by atoms with Crippen LogP contribution in [0.25, 0.3) is 5.69 Å². The van der Waals surface area contributed by atoms with E-state index >= 15 is 0 Å². The maximum absolute atomic E-state index is 12.6. The molecule has 0 saturated carbocycles. The van der Waals surface area contributed by atoms with Gasteiger partial charge in [-0.2, -0.15) is 14.8 Å². The van der Waals surface area contributed by atoms with Crippen molar-refractivity contribution in [2.75, 3.05) is 44.5 Å². The van der Waals surface area contributed by atoms with Gasteiger partial charge in [-0.1, -0.05) is 0 Å². The highest BCUT2D eigenvalue weighted by Gasteiger charge is 2.31. The van der Waals surface area contributed by atoms with Crippen molar-refractivity contribution in [1.82, 2.24) is 29.9 Å². The fourth-order valence-corrected chi connectivity index (χ4v) is 4.87. The number of rotatable bonds is 4. The van der Waals surface area contributed by atoms with E-state index in [-0.39, 0.29) is 27.9 Å². The zero-order valence-corrected chi connectivity index (χ0v) is 17.5. The Morgan fingerprint density at radius 1 is 1.31 bits per heavy atom. The molecule has 2 N–H and O–H groups in total. The second-order valence-electron chi connectivity index (χ2n) is 8.05. The van der Waals surface area contributed by atoms with Gasteiger partial charge in [0.1, 0.15) is 11.2 Å². The number of sulfonamides is 1. The molecule has 0 atom stereocenters. The van der Waals surface area contributed by atoms with Gasteiger partial charge in [0.25, 0.3) is 15.9 Å². The summed E-state index contributed by atoms with van der Waals surface area (Å²) in [6.07, 6.45) is 1.27. The molecule has 2 aliphatic heterocycles. The number of piperazine rings is 1. The lowest BCUT2D eigenvalue weighted by molar-refractivity contribution is 0.0406. The normalized spacial score (nSPS) is 20.4. The molecule has 0 bridgehead atoms. The molecule has 1 amide bonds. The van der Waals surface area contributed by atoms with Crippen LogP contribution in [0.15, 0.2) is 29.4 Å². The van der Waals surface area contributed by atoms with Gasteiger partial charge in [0, 0.05) is 43.8 Å².